The van der Waals surface area contributed by atoms with E-state index in [1.807, 2.05) is 66.7 Å². The molecule has 0 aromatic heterocycles. The van der Waals surface area contributed by atoms with E-state index in [-0.39, 0.29) is 5.57 Å². The van der Waals surface area contributed by atoms with Crippen LogP contribution in [-0.2, 0) is 11.4 Å². The molecule has 0 aliphatic rings. The van der Waals surface area contributed by atoms with Gasteiger partial charge in [0.25, 0.3) is 5.91 Å². The van der Waals surface area contributed by atoms with Gasteiger partial charge in [-0.2, -0.15) is 5.26 Å². The molecule has 1 amide bonds. The number of benzene rings is 4. The first-order valence-electron chi connectivity index (χ1n) is 10.0. The molecule has 32 heavy (non-hydrogen) atoms. The van der Waals surface area contributed by atoms with E-state index in [2.05, 4.69) is 39.4 Å². The number of fused-ring (bicyclic) bond motifs is 1. The third-order valence-corrected chi connectivity index (χ3v) is 5.48. The number of rotatable bonds is 6. The van der Waals surface area contributed by atoms with Crippen molar-refractivity contribution in [2.24, 2.45) is 0 Å². The number of hydrogen-bond acceptors (Lipinski definition) is 3. The Morgan fingerprint density at radius 1 is 0.938 bits per heavy atom. The van der Waals surface area contributed by atoms with Crippen molar-refractivity contribution >= 4 is 44.4 Å². The lowest BCUT2D eigenvalue weighted by Gasteiger charge is -2.12. The van der Waals surface area contributed by atoms with Crippen molar-refractivity contribution in [2.75, 3.05) is 5.32 Å². The van der Waals surface area contributed by atoms with Gasteiger partial charge in [0.05, 0.1) is 0 Å². The van der Waals surface area contributed by atoms with E-state index < -0.39 is 5.91 Å². The van der Waals surface area contributed by atoms with Gasteiger partial charge in [0.15, 0.2) is 0 Å². The molecule has 4 rings (SSSR count). The monoisotopic (exact) mass is 482 g/mol. The molecule has 4 nitrogen and oxygen atoms in total. The zero-order valence-corrected chi connectivity index (χ0v) is 18.7. The fourth-order valence-electron chi connectivity index (χ4n) is 3.34. The van der Waals surface area contributed by atoms with Crippen molar-refractivity contribution in [3.8, 4) is 11.8 Å². The minimum Gasteiger partial charge on any atom is -0.488 e. The summed E-state index contributed by atoms with van der Waals surface area (Å²) in [6.45, 7) is 0.374. The lowest BCUT2D eigenvalue weighted by atomic mass is 10.1. The summed E-state index contributed by atoms with van der Waals surface area (Å²) < 4.78 is 7.00. The minimum atomic E-state index is -0.473. The van der Waals surface area contributed by atoms with E-state index in [4.69, 9.17) is 4.74 Å². The van der Waals surface area contributed by atoms with Crippen LogP contribution in [0.1, 0.15) is 11.1 Å². The maximum absolute atomic E-state index is 12.6. The van der Waals surface area contributed by atoms with Gasteiger partial charge in [-0.3, -0.25) is 4.79 Å². The molecule has 0 fully saturated rings. The van der Waals surface area contributed by atoms with Gasteiger partial charge in [-0.1, -0.05) is 76.6 Å². The van der Waals surface area contributed by atoms with Gasteiger partial charge in [0.2, 0.25) is 0 Å². The van der Waals surface area contributed by atoms with Crippen molar-refractivity contribution in [3.05, 3.63) is 112 Å². The Hall–Kier alpha value is -3.88. The van der Waals surface area contributed by atoms with Gasteiger partial charge in [-0.15, -0.1) is 0 Å². The number of hydrogen-bond donors (Lipinski definition) is 1. The highest BCUT2D eigenvalue weighted by molar-refractivity contribution is 9.10. The molecule has 0 aliphatic carbocycles. The Morgan fingerprint density at radius 3 is 2.47 bits per heavy atom. The Balaban J connectivity index is 1.55. The first-order chi connectivity index (χ1) is 15.6. The summed E-state index contributed by atoms with van der Waals surface area (Å²) in [7, 11) is 0. The SMILES string of the molecule is N#CC(=Cc1ccccc1OCc1cccc2ccccc12)C(=O)Nc1ccc(Br)cc1. The quantitative estimate of drug-likeness (QED) is 0.244. The van der Waals surface area contributed by atoms with Gasteiger partial charge >= 0.3 is 0 Å². The zero-order valence-electron chi connectivity index (χ0n) is 17.1. The molecule has 0 unspecified atom stereocenters. The summed E-state index contributed by atoms with van der Waals surface area (Å²) in [4.78, 5) is 12.6. The Morgan fingerprint density at radius 2 is 1.66 bits per heavy atom. The average Bonchev–Trinajstić information content (AvgIpc) is 2.83. The van der Waals surface area contributed by atoms with Crippen molar-refractivity contribution in [2.45, 2.75) is 6.61 Å². The van der Waals surface area contributed by atoms with Crippen molar-refractivity contribution in [1.29, 1.82) is 5.26 Å². The van der Waals surface area contributed by atoms with E-state index in [9.17, 15) is 10.1 Å². The molecule has 156 valence electrons. The maximum atomic E-state index is 12.6. The molecular formula is C27H19BrN2O2. The topological polar surface area (TPSA) is 62.1 Å². The molecular weight excluding hydrogens is 464 g/mol. The summed E-state index contributed by atoms with van der Waals surface area (Å²) >= 11 is 3.36. The van der Waals surface area contributed by atoms with Crippen LogP contribution >= 0.6 is 15.9 Å². The van der Waals surface area contributed by atoms with Crippen LogP contribution < -0.4 is 10.1 Å². The number of anilines is 1. The van der Waals surface area contributed by atoms with Gasteiger partial charge in [-0.05, 0) is 52.7 Å². The highest BCUT2D eigenvalue weighted by Gasteiger charge is 2.12. The second kappa shape index (κ2) is 9.95. The van der Waals surface area contributed by atoms with E-state index in [0.717, 1.165) is 20.8 Å². The van der Waals surface area contributed by atoms with E-state index in [1.54, 1.807) is 18.2 Å². The summed E-state index contributed by atoms with van der Waals surface area (Å²) in [6, 6.07) is 30.8. The number of nitrogens with one attached hydrogen (secondary N) is 1. The van der Waals surface area contributed by atoms with Crippen LogP contribution in [0.15, 0.2) is 101 Å². The van der Waals surface area contributed by atoms with Crippen LogP contribution in [0, 0.1) is 11.3 Å². The first kappa shape index (κ1) is 21.4. The van der Waals surface area contributed by atoms with Crippen LogP contribution in [-0.4, -0.2) is 5.91 Å². The number of halogens is 1. The Bertz CT molecular complexity index is 1330. The number of para-hydroxylation sites is 1. The lowest BCUT2D eigenvalue weighted by Crippen LogP contribution is -2.13. The third-order valence-electron chi connectivity index (χ3n) is 4.95. The number of nitrogens with zero attached hydrogens (tertiary/aromatic N) is 1. The number of amides is 1. The largest absolute Gasteiger partial charge is 0.488 e. The predicted molar refractivity (Wildman–Crippen MR) is 131 cm³/mol. The average molecular weight is 483 g/mol. The summed E-state index contributed by atoms with van der Waals surface area (Å²) in [5, 5.41) is 14.6. The van der Waals surface area contributed by atoms with Crippen molar-refractivity contribution in [1.82, 2.24) is 0 Å². The normalized spacial score (nSPS) is 11.1. The predicted octanol–water partition coefficient (Wildman–Crippen LogP) is 6.73. The molecule has 1 N–H and O–H groups in total. The number of carbonyl (C=O) groups excluding carboxylic acids is 1. The van der Waals surface area contributed by atoms with Crippen molar-refractivity contribution in [3.63, 3.8) is 0 Å². The van der Waals surface area contributed by atoms with E-state index in [1.165, 1.54) is 0 Å². The molecule has 4 aromatic carbocycles. The van der Waals surface area contributed by atoms with Crippen LogP contribution in [0.5, 0.6) is 5.75 Å². The van der Waals surface area contributed by atoms with E-state index in [0.29, 0.717) is 23.6 Å². The van der Waals surface area contributed by atoms with Gasteiger partial charge < -0.3 is 10.1 Å². The highest BCUT2D eigenvalue weighted by Crippen LogP contribution is 2.25. The van der Waals surface area contributed by atoms with E-state index >= 15 is 0 Å². The van der Waals surface area contributed by atoms with Crippen LogP contribution in [0.2, 0.25) is 0 Å². The minimum absolute atomic E-state index is 0.00544. The number of carbonyl (C=O) groups is 1. The maximum Gasteiger partial charge on any atom is 0.266 e. The second-order valence-corrected chi connectivity index (χ2v) is 8.01. The summed E-state index contributed by atoms with van der Waals surface area (Å²) in [5.74, 6) is 0.128. The molecule has 0 bridgehead atoms. The van der Waals surface area contributed by atoms with Gasteiger partial charge in [0, 0.05) is 15.7 Å². The summed E-state index contributed by atoms with van der Waals surface area (Å²) in [5.41, 5.74) is 2.33. The molecule has 0 saturated heterocycles. The standard InChI is InChI=1S/C27H19BrN2O2/c28-23-12-14-24(15-13-23)30-27(31)22(17-29)16-20-7-2-4-11-26(20)32-18-21-9-5-8-19-6-1-3-10-25(19)21/h1-16H,18H2,(H,30,31). The first-order valence-corrected chi connectivity index (χ1v) is 10.8. The molecule has 0 spiro atoms. The highest BCUT2D eigenvalue weighted by atomic mass is 79.9. The number of nitriles is 1. The van der Waals surface area contributed by atoms with Crippen molar-refractivity contribution < 1.29 is 9.53 Å². The molecule has 4 aromatic rings. The lowest BCUT2D eigenvalue weighted by molar-refractivity contribution is -0.112. The molecule has 0 heterocycles. The Kier molecular flexibility index (Phi) is 6.64. The zero-order chi connectivity index (χ0) is 22.3. The Labute approximate surface area is 194 Å². The molecule has 0 atom stereocenters. The third kappa shape index (κ3) is 5.05. The number of ether oxygens (including phenoxy) is 1. The molecule has 0 saturated carbocycles. The fraction of sp³-hybridized carbons (Fsp3) is 0.0370. The fourth-order valence-corrected chi connectivity index (χ4v) is 3.61. The summed E-state index contributed by atoms with van der Waals surface area (Å²) in [6.07, 6.45) is 1.55. The second-order valence-electron chi connectivity index (χ2n) is 7.10. The van der Waals surface area contributed by atoms with Crippen LogP contribution in [0.3, 0.4) is 0 Å². The molecule has 0 aliphatic heterocycles. The van der Waals surface area contributed by atoms with Gasteiger partial charge in [0.1, 0.15) is 24.0 Å². The molecule has 0 radical (unpaired) electrons. The van der Waals surface area contributed by atoms with Crippen LogP contribution in [0.25, 0.3) is 16.8 Å². The smallest absolute Gasteiger partial charge is 0.266 e. The van der Waals surface area contributed by atoms with Gasteiger partial charge in [-0.25, -0.2) is 0 Å². The molecule has 5 heteroatoms. The van der Waals surface area contributed by atoms with Crippen LogP contribution in [0.4, 0.5) is 5.69 Å².